The van der Waals surface area contributed by atoms with Crippen molar-refractivity contribution in [3.05, 3.63) is 35.9 Å². The third-order valence-corrected chi connectivity index (χ3v) is 5.78. The fourth-order valence-corrected chi connectivity index (χ4v) is 4.40. The van der Waals surface area contributed by atoms with Gasteiger partial charge in [0, 0.05) is 23.5 Å². The van der Waals surface area contributed by atoms with Gasteiger partial charge in [0.15, 0.2) is 0 Å². The van der Waals surface area contributed by atoms with Crippen LogP contribution in [0.3, 0.4) is 0 Å². The van der Waals surface area contributed by atoms with Gasteiger partial charge in [0.1, 0.15) is 0 Å². The van der Waals surface area contributed by atoms with E-state index in [1.165, 1.54) is 19.3 Å². The summed E-state index contributed by atoms with van der Waals surface area (Å²) in [6.07, 6.45) is 5.34. The summed E-state index contributed by atoms with van der Waals surface area (Å²) in [5.41, 5.74) is 1.22. The van der Waals surface area contributed by atoms with Gasteiger partial charge >= 0.3 is 0 Å². The second-order valence-corrected chi connectivity index (χ2v) is 7.10. The maximum absolute atomic E-state index is 11.4. The van der Waals surface area contributed by atoms with E-state index in [0.29, 0.717) is 18.0 Å². The van der Waals surface area contributed by atoms with Crippen LogP contribution >= 0.6 is 0 Å². The molecule has 0 saturated carbocycles. The van der Waals surface area contributed by atoms with Gasteiger partial charge in [0.2, 0.25) is 5.88 Å². The van der Waals surface area contributed by atoms with Crippen LogP contribution in [-0.2, 0) is 5.60 Å². The van der Waals surface area contributed by atoms with Gasteiger partial charge in [-0.25, -0.2) is 4.98 Å². The largest absolute Gasteiger partial charge is 0.481 e. The molecule has 3 heterocycles. The van der Waals surface area contributed by atoms with Crippen LogP contribution in [0.1, 0.15) is 37.7 Å². The minimum atomic E-state index is -0.712. The summed E-state index contributed by atoms with van der Waals surface area (Å²) in [5, 5.41) is 12.4. The third-order valence-electron chi connectivity index (χ3n) is 5.78. The molecule has 0 radical (unpaired) electrons. The second-order valence-electron chi connectivity index (χ2n) is 7.10. The Bertz CT molecular complexity index is 716. The number of pyridine rings is 1. The van der Waals surface area contributed by atoms with Gasteiger partial charge in [-0.15, -0.1) is 0 Å². The summed E-state index contributed by atoms with van der Waals surface area (Å²) in [6, 6.07) is 11.0. The molecule has 2 aromatic rings. The Labute approximate surface area is 137 Å². The zero-order valence-electron chi connectivity index (χ0n) is 13.8. The normalized spacial score (nSPS) is 31.3. The molecule has 2 aliphatic rings. The molecule has 122 valence electrons. The molecule has 2 fully saturated rings. The lowest BCUT2D eigenvalue weighted by atomic mass is 9.72. The minimum Gasteiger partial charge on any atom is -0.481 e. The maximum atomic E-state index is 11.4. The summed E-state index contributed by atoms with van der Waals surface area (Å²) in [4.78, 5) is 6.94. The van der Waals surface area contributed by atoms with E-state index in [0.717, 1.165) is 29.3 Å². The van der Waals surface area contributed by atoms with Crippen molar-refractivity contribution >= 4 is 10.9 Å². The molecule has 23 heavy (non-hydrogen) atoms. The number of hydrogen-bond donors (Lipinski definition) is 1. The summed E-state index contributed by atoms with van der Waals surface area (Å²) < 4.78 is 5.18. The molecule has 4 rings (SSSR count). The van der Waals surface area contributed by atoms with E-state index in [-0.39, 0.29) is 0 Å². The molecule has 2 atom stereocenters. The van der Waals surface area contributed by atoms with Crippen LogP contribution in [0.5, 0.6) is 5.88 Å². The quantitative estimate of drug-likeness (QED) is 0.925. The van der Waals surface area contributed by atoms with Crippen molar-refractivity contribution in [3.63, 3.8) is 0 Å². The smallest absolute Gasteiger partial charge is 0.213 e. The van der Waals surface area contributed by atoms with Gasteiger partial charge in [-0.3, -0.25) is 0 Å². The lowest BCUT2D eigenvalue weighted by Crippen LogP contribution is -2.55. The molecule has 2 saturated heterocycles. The molecule has 0 spiro atoms. The molecular formula is C19H24N2O2. The molecule has 0 amide bonds. The van der Waals surface area contributed by atoms with Gasteiger partial charge in [-0.05, 0) is 56.5 Å². The van der Waals surface area contributed by atoms with Crippen LogP contribution in [0.25, 0.3) is 10.9 Å². The van der Waals surface area contributed by atoms with E-state index in [1.54, 1.807) is 7.11 Å². The van der Waals surface area contributed by atoms with E-state index in [9.17, 15) is 5.11 Å². The van der Waals surface area contributed by atoms with E-state index in [4.69, 9.17) is 4.74 Å². The van der Waals surface area contributed by atoms with Gasteiger partial charge < -0.3 is 14.7 Å². The number of ether oxygens (including phenoxy) is 1. The van der Waals surface area contributed by atoms with Crippen LogP contribution in [0.15, 0.2) is 30.3 Å². The van der Waals surface area contributed by atoms with Crippen LogP contribution in [-0.4, -0.2) is 41.2 Å². The predicted molar refractivity (Wildman–Crippen MR) is 90.6 cm³/mol. The van der Waals surface area contributed by atoms with Crippen molar-refractivity contribution in [2.75, 3.05) is 14.2 Å². The summed E-state index contributed by atoms with van der Waals surface area (Å²) >= 11 is 0. The van der Waals surface area contributed by atoms with Crippen molar-refractivity contribution in [2.45, 2.75) is 49.8 Å². The van der Waals surface area contributed by atoms with Gasteiger partial charge in [-0.2, -0.15) is 0 Å². The summed E-state index contributed by atoms with van der Waals surface area (Å²) in [7, 11) is 3.84. The number of hydrogen-bond acceptors (Lipinski definition) is 4. The van der Waals surface area contributed by atoms with Crippen molar-refractivity contribution in [2.24, 2.45) is 0 Å². The molecule has 2 aliphatic heterocycles. The lowest BCUT2D eigenvalue weighted by Gasteiger charge is -2.50. The number of nitrogens with zero attached hydrogens (tertiary/aromatic N) is 2. The summed E-state index contributed by atoms with van der Waals surface area (Å²) in [5.74, 6) is 0.623. The third kappa shape index (κ3) is 2.50. The Balaban J connectivity index is 1.70. The molecule has 1 N–H and O–H groups in total. The molecule has 1 aromatic carbocycles. The zero-order valence-corrected chi connectivity index (χ0v) is 13.8. The van der Waals surface area contributed by atoms with Crippen molar-refractivity contribution in [1.82, 2.24) is 9.88 Å². The molecule has 4 nitrogen and oxygen atoms in total. The van der Waals surface area contributed by atoms with Crippen molar-refractivity contribution in [3.8, 4) is 5.88 Å². The second kappa shape index (κ2) is 5.46. The van der Waals surface area contributed by atoms with E-state index in [1.807, 2.05) is 24.3 Å². The fourth-order valence-electron chi connectivity index (χ4n) is 4.40. The zero-order chi connectivity index (χ0) is 16.0. The summed E-state index contributed by atoms with van der Waals surface area (Å²) in [6.45, 7) is 0. The number of aromatic nitrogens is 1. The van der Waals surface area contributed by atoms with Crippen LogP contribution < -0.4 is 4.74 Å². The first-order chi connectivity index (χ1) is 11.1. The highest BCUT2D eigenvalue weighted by atomic mass is 16.5. The number of fused-ring (bicyclic) bond motifs is 3. The Kier molecular flexibility index (Phi) is 3.54. The number of rotatable bonds is 2. The van der Waals surface area contributed by atoms with Gasteiger partial charge in [0.25, 0.3) is 0 Å². The highest BCUT2D eigenvalue weighted by Gasteiger charge is 2.44. The standard InChI is InChI=1S/C19H24N2O2/c1-21-15-4-3-5-16(21)12-19(22,11-15)14-7-8-17-13(10-14)6-9-18(20-17)23-2/h6-10,15-16,22H,3-5,11-12H2,1-2H3. The molecule has 2 unspecified atom stereocenters. The first-order valence-electron chi connectivity index (χ1n) is 8.49. The van der Waals surface area contributed by atoms with Gasteiger partial charge in [0.05, 0.1) is 18.2 Å². The highest BCUT2D eigenvalue weighted by molar-refractivity contribution is 5.80. The topological polar surface area (TPSA) is 45.6 Å². The first-order valence-corrected chi connectivity index (χ1v) is 8.49. The van der Waals surface area contributed by atoms with Gasteiger partial charge in [-0.1, -0.05) is 12.5 Å². The maximum Gasteiger partial charge on any atom is 0.213 e. The lowest BCUT2D eigenvalue weighted by molar-refractivity contribution is -0.0874. The average Bonchev–Trinajstić information content (AvgIpc) is 2.55. The fraction of sp³-hybridized carbons (Fsp3) is 0.526. The first kappa shape index (κ1) is 14.9. The Morgan fingerprint density at radius 1 is 1.17 bits per heavy atom. The van der Waals surface area contributed by atoms with Crippen LogP contribution in [0.2, 0.25) is 0 Å². The van der Waals surface area contributed by atoms with Crippen LogP contribution in [0, 0.1) is 0 Å². The number of piperidine rings is 2. The Morgan fingerprint density at radius 3 is 2.61 bits per heavy atom. The minimum absolute atomic E-state index is 0.497. The predicted octanol–water partition coefficient (Wildman–Crippen LogP) is 3.08. The molecular weight excluding hydrogens is 288 g/mol. The Morgan fingerprint density at radius 2 is 1.91 bits per heavy atom. The molecule has 0 aliphatic carbocycles. The molecule has 2 bridgehead atoms. The van der Waals surface area contributed by atoms with Crippen molar-refractivity contribution in [1.29, 1.82) is 0 Å². The van der Waals surface area contributed by atoms with Crippen molar-refractivity contribution < 1.29 is 9.84 Å². The molecule has 1 aromatic heterocycles. The van der Waals surface area contributed by atoms with E-state index >= 15 is 0 Å². The van der Waals surface area contributed by atoms with Crippen LogP contribution in [0.4, 0.5) is 0 Å². The Hall–Kier alpha value is -1.65. The number of benzene rings is 1. The number of methoxy groups -OCH3 is 1. The average molecular weight is 312 g/mol. The number of aliphatic hydroxyl groups is 1. The monoisotopic (exact) mass is 312 g/mol. The molecule has 4 heteroatoms. The van der Waals surface area contributed by atoms with E-state index in [2.05, 4.69) is 23.0 Å². The van der Waals surface area contributed by atoms with E-state index < -0.39 is 5.60 Å². The highest BCUT2D eigenvalue weighted by Crippen LogP contribution is 2.44. The SMILES string of the molecule is COc1ccc2cc(C3(O)CC4CCCC(C3)N4C)ccc2n1.